The molecule has 0 bridgehead atoms. The van der Waals surface area contributed by atoms with Gasteiger partial charge < -0.3 is 10.1 Å². The van der Waals surface area contributed by atoms with Crippen LogP contribution < -0.4 is 10.6 Å². The standard InChI is InChI=1S/C10H6N2O2/c13-9-3-5-1-7-6(2-8(5)12-9)4-10(14)11-7/h1-4,11,14H. The van der Waals surface area contributed by atoms with Crippen LogP contribution in [0.3, 0.4) is 0 Å². The number of aromatic amines is 1. The number of nitrogens with one attached hydrogen (secondary N) is 1. The quantitative estimate of drug-likeness (QED) is 0.599. The number of aromatic nitrogens is 1. The third kappa shape index (κ3) is 0.877. The van der Waals surface area contributed by atoms with Gasteiger partial charge in [0.25, 0.3) is 5.91 Å². The maximum atomic E-state index is 11.0. The predicted molar refractivity (Wildman–Crippen MR) is 50.2 cm³/mol. The fourth-order valence-electron chi connectivity index (χ4n) is 1.67. The molecule has 0 saturated heterocycles. The molecule has 1 aromatic carbocycles. The summed E-state index contributed by atoms with van der Waals surface area (Å²) in [4.78, 5) is 17.6. The van der Waals surface area contributed by atoms with Crippen molar-refractivity contribution in [2.45, 2.75) is 0 Å². The lowest BCUT2D eigenvalue weighted by Crippen LogP contribution is -2.20. The molecule has 4 nitrogen and oxygen atoms in total. The number of nitrogens with zero attached hydrogens (tertiary/aromatic N) is 1. The minimum Gasteiger partial charge on any atom is -0.495 e. The van der Waals surface area contributed by atoms with Crippen LogP contribution in [0.1, 0.15) is 0 Å². The monoisotopic (exact) mass is 186 g/mol. The first kappa shape index (κ1) is 7.32. The van der Waals surface area contributed by atoms with Crippen molar-refractivity contribution >= 4 is 22.9 Å². The summed E-state index contributed by atoms with van der Waals surface area (Å²) in [5.74, 6) is -0.105. The molecule has 68 valence electrons. The fourth-order valence-corrected chi connectivity index (χ4v) is 1.67. The summed E-state index contributed by atoms with van der Waals surface area (Å²) in [6.07, 6.45) is 1.48. The van der Waals surface area contributed by atoms with Gasteiger partial charge in [-0.05, 0) is 12.1 Å². The van der Waals surface area contributed by atoms with Crippen molar-refractivity contribution in [2.75, 3.05) is 0 Å². The van der Waals surface area contributed by atoms with E-state index in [1.165, 1.54) is 6.08 Å². The van der Waals surface area contributed by atoms with Crippen LogP contribution >= 0.6 is 0 Å². The second kappa shape index (κ2) is 2.23. The van der Waals surface area contributed by atoms with Crippen molar-refractivity contribution in [2.24, 2.45) is 4.99 Å². The van der Waals surface area contributed by atoms with Gasteiger partial charge in [-0.3, -0.25) is 4.79 Å². The van der Waals surface area contributed by atoms with Crippen molar-refractivity contribution in [3.63, 3.8) is 0 Å². The van der Waals surface area contributed by atoms with Gasteiger partial charge in [0, 0.05) is 28.3 Å². The zero-order valence-electron chi connectivity index (χ0n) is 7.11. The van der Waals surface area contributed by atoms with Crippen LogP contribution in [-0.4, -0.2) is 16.0 Å². The highest BCUT2D eigenvalue weighted by Gasteiger charge is 2.06. The molecule has 1 aromatic heterocycles. The molecule has 1 amide bonds. The first-order chi connectivity index (χ1) is 6.72. The van der Waals surface area contributed by atoms with E-state index in [2.05, 4.69) is 9.98 Å². The van der Waals surface area contributed by atoms with Crippen LogP contribution in [0.4, 0.5) is 0 Å². The average Bonchev–Trinajstić information content (AvgIpc) is 2.59. The van der Waals surface area contributed by atoms with E-state index < -0.39 is 0 Å². The van der Waals surface area contributed by atoms with Gasteiger partial charge in [-0.25, -0.2) is 4.99 Å². The summed E-state index contributed by atoms with van der Waals surface area (Å²) in [6, 6.07) is 5.19. The van der Waals surface area contributed by atoms with Crippen molar-refractivity contribution in [3.05, 3.63) is 28.8 Å². The molecule has 2 aromatic rings. The number of H-pyrrole nitrogens is 1. The number of benzene rings is 1. The highest BCUT2D eigenvalue weighted by Crippen LogP contribution is 2.15. The lowest BCUT2D eigenvalue weighted by Gasteiger charge is -1.86. The van der Waals surface area contributed by atoms with Gasteiger partial charge in [-0.1, -0.05) is 0 Å². The van der Waals surface area contributed by atoms with Crippen molar-refractivity contribution < 1.29 is 9.90 Å². The Hall–Kier alpha value is -2.10. The van der Waals surface area contributed by atoms with Crippen molar-refractivity contribution in [3.8, 4) is 5.88 Å². The van der Waals surface area contributed by atoms with Crippen LogP contribution in [0.2, 0.25) is 0 Å². The van der Waals surface area contributed by atoms with Gasteiger partial charge in [0.2, 0.25) is 0 Å². The minimum atomic E-state index is -0.225. The zero-order valence-corrected chi connectivity index (χ0v) is 7.11. The smallest absolute Gasteiger partial charge is 0.270 e. The Balaban J connectivity index is 2.53. The molecule has 4 heteroatoms. The summed E-state index contributed by atoms with van der Waals surface area (Å²) in [6.45, 7) is 0. The second-order valence-corrected chi connectivity index (χ2v) is 3.25. The molecule has 0 radical (unpaired) electrons. The number of aromatic hydroxyl groups is 1. The third-order valence-electron chi connectivity index (χ3n) is 2.26. The first-order valence-electron chi connectivity index (χ1n) is 4.18. The van der Waals surface area contributed by atoms with Gasteiger partial charge in [0.05, 0.1) is 5.36 Å². The molecule has 0 atom stereocenters. The molecule has 1 aliphatic heterocycles. The summed E-state index contributed by atoms with van der Waals surface area (Å²) in [5, 5.41) is 11.5. The van der Waals surface area contributed by atoms with E-state index in [0.29, 0.717) is 5.36 Å². The fraction of sp³-hybridized carbons (Fsp3) is 0. The number of hydrogen-bond donors (Lipinski definition) is 2. The van der Waals surface area contributed by atoms with E-state index in [-0.39, 0.29) is 11.8 Å². The van der Waals surface area contributed by atoms with E-state index in [9.17, 15) is 9.90 Å². The maximum absolute atomic E-state index is 11.0. The molecule has 3 rings (SSSR count). The minimum absolute atomic E-state index is 0.120. The molecule has 14 heavy (non-hydrogen) atoms. The molecule has 2 heterocycles. The normalized spacial score (nSPS) is 13.9. The first-order valence-corrected chi connectivity index (χ1v) is 4.18. The van der Waals surface area contributed by atoms with Crippen LogP contribution in [0.5, 0.6) is 5.88 Å². The number of amides is 1. The summed E-state index contributed by atoms with van der Waals surface area (Å²) in [7, 11) is 0. The largest absolute Gasteiger partial charge is 0.495 e. The highest BCUT2D eigenvalue weighted by molar-refractivity contribution is 6.06. The van der Waals surface area contributed by atoms with Gasteiger partial charge in [-0.15, -0.1) is 0 Å². The topological polar surface area (TPSA) is 65.5 Å². The SMILES string of the molecule is O=C1C=c2cc3[nH]c(O)cc3cc2=N1. The highest BCUT2D eigenvalue weighted by atomic mass is 16.3. The molecule has 0 spiro atoms. The van der Waals surface area contributed by atoms with Gasteiger partial charge in [0.15, 0.2) is 5.88 Å². The van der Waals surface area contributed by atoms with Crippen molar-refractivity contribution in [1.29, 1.82) is 0 Å². The Morgan fingerprint density at radius 1 is 1.29 bits per heavy atom. The van der Waals surface area contributed by atoms with E-state index in [0.717, 1.165) is 16.1 Å². The average molecular weight is 186 g/mol. The van der Waals surface area contributed by atoms with E-state index in [4.69, 9.17) is 0 Å². The van der Waals surface area contributed by atoms with E-state index in [1.807, 2.05) is 0 Å². The van der Waals surface area contributed by atoms with Gasteiger partial charge in [-0.2, -0.15) is 0 Å². The van der Waals surface area contributed by atoms with Crippen LogP contribution in [0.15, 0.2) is 23.2 Å². The lowest BCUT2D eigenvalue weighted by molar-refractivity contribution is -0.112. The van der Waals surface area contributed by atoms with Crippen LogP contribution in [0, 0.1) is 0 Å². The Morgan fingerprint density at radius 2 is 2.14 bits per heavy atom. The number of carbonyl (C=O) groups is 1. The molecule has 0 unspecified atom stereocenters. The molecule has 0 saturated carbocycles. The Bertz CT molecular complexity index is 612. The number of carbonyl (C=O) groups excluding carboxylic acids is 1. The lowest BCUT2D eigenvalue weighted by atomic mass is 10.2. The number of fused-ring (bicyclic) bond motifs is 2. The zero-order chi connectivity index (χ0) is 9.71. The third-order valence-corrected chi connectivity index (χ3v) is 2.26. The molecular weight excluding hydrogens is 180 g/mol. The summed E-state index contributed by atoms with van der Waals surface area (Å²) >= 11 is 0. The molecule has 2 N–H and O–H groups in total. The van der Waals surface area contributed by atoms with Crippen LogP contribution in [-0.2, 0) is 4.79 Å². The molecule has 0 fully saturated rings. The Labute approximate surface area is 78.2 Å². The molecule has 1 aliphatic rings. The van der Waals surface area contributed by atoms with E-state index in [1.54, 1.807) is 18.2 Å². The predicted octanol–water partition coefficient (Wildman–Crippen LogP) is -0.186. The maximum Gasteiger partial charge on any atom is 0.270 e. The van der Waals surface area contributed by atoms with Crippen LogP contribution in [0.25, 0.3) is 17.0 Å². The van der Waals surface area contributed by atoms with Gasteiger partial charge >= 0.3 is 0 Å². The molecule has 0 aliphatic carbocycles. The number of rotatable bonds is 0. The number of hydrogen-bond acceptors (Lipinski definition) is 2. The summed E-state index contributed by atoms with van der Waals surface area (Å²) < 4.78 is 0. The van der Waals surface area contributed by atoms with Crippen molar-refractivity contribution in [1.82, 2.24) is 4.98 Å². The second-order valence-electron chi connectivity index (χ2n) is 3.25. The van der Waals surface area contributed by atoms with Gasteiger partial charge in [0.1, 0.15) is 0 Å². The summed E-state index contributed by atoms with van der Waals surface area (Å²) in [5.41, 5.74) is 0.808. The Kier molecular flexibility index (Phi) is 1.16. The van der Waals surface area contributed by atoms with E-state index >= 15 is 0 Å². The molecular formula is C10H6N2O2. The Morgan fingerprint density at radius 3 is 3.00 bits per heavy atom.